The fourth-order valence-electron chi connectivity index (χ4n) is 1.40. The molecule has 0 bridgehead atoms. The first kappa shape index (κ1) is 13.2. The van der Waals surface area contributed by atoms with Crippen molar-refractivity contribution in [2.75, 3.05) is 5.43 Å². The summed E-state index contributed by atoms with van der Waals surface area (Å²) in [6, 6.07) is 4.77. The summed E-state index contributed by atoms with van der Waals surface area (Å²) in [5.41, 5.74) is 3.09. The number of rotatable bonds is 5. The molecule has 3 N–H and O–H groups in total. The molecule has 0 aliphatic heterocycles. The van der Waals surface area contributed by atoms with Crippen LogP contribution in [0.25, 0.3) is 0 Å². The van der Waals surface area contributed by atoms with Gasteiger partial charge in [0.2, 0.25) is 5.13 Å². The molecule has 1 aromatic carbocycles. The molecule has 0 fully saturated rings. The summed E-state index contributed by atoms with van der Waals surface area (Å²) in [7, 11) is 0. The molecule has 0 saturated carbocycles. The molecule has 1 aromatic heterocycles. The number of ether oxygens (including phenoxy) is 1. The zero-order valence-electron chi connectivity index (χ0n) is 9.99. The third-order valence-electron chi connectivity index (χ3n) is 2.25. The van der Waals surface area contributed by atoms with Crippen molar-refractivity contribution in [3.63, 3.8) is 0 Å². The lowest BCUT2D eigenvalue weighted by molar-refractivity contribution is -0.386. The van der Waals surface area contributed by atoms with Gasteiger partial charge in [-0.25, -0.2) is 5.84 Å². The Hall–Kier alpha value is -2.26. The average molecular weight is 281 g/mol. The number of aromatic nitrogens is 2. The van der Waals surface area contributed by atoms with E-state index in [2.05, 4.69) is 15.6 Å². The van der Waals surface area contributed by atoms with Crippen LogP contribution in [0.5, 0.6) is 5.75 Å². The zero-order valence-corrected chi connectivity index (χ0v) is 10.8. The standard InChI is InChI=1S/C10H11N5O3S/c1-6-2-3-8(7(4-6)15(16)17)18-5-9-13-14-10(12-11)19-9/h2-4H,5,11H2,1H3,(H,12,14). The molecule has 0 unspecified atom stereocenters. The topological polar surface area (TPSA) is 116 Å². The molecule has 0 saturated heterocycles. The summed E-state index contributed by atoms with van der Waals surface area (Å²) in [5, 5.41) is 19.5. The van der Waals surface area contributed by atoms with Gasteiger partial charge in [0, 0.05) is 6.07 Å². The van der Waals surface area contributed by atoms with Crippen LogP contribution >= 0.6 is 11.3 Å². The van der Waals surface area contributed by atoms with Gasteiger partial charge in [0.1, 0.15) is 6.61 Å². The lowest BCUT2D eigenvalue weighted by Crippen LogP contribution is -2.05. The number of nitrogens with two attached hydrogens (primary N) is 1. The first-order valence-corrected chi connectivity index (χ1v) is 6.08. The van der Waals surface area contributed by atoms with Crippen molar-refractivity contribution in [1.29, 1.82) is 0 Å². The summed E-state index contributed by atoms with van der Waals surface area (Å²) in [5.74, 6) is 5.38. The highest BCUT2D eigenvalue weighted by Gasteiger charge is 2.15. The number of benzene rings is 1. The van der Waals surface area contributed by atoms with Gasteiger partial charge >= 0.3 is 5.69 Å². The van der Waals surface area contributed by atoms with Crippen molar-refractivity contribution < 1.29 is 9.66 Å². The number of hydrogen-bond donors (Lipinski definition) is 2. The average Bonchev–Trinajstić information content (AvgIpc) is 2.85. The maximum absolute atomic E-state index is 10.9. The van der Waals surface area contributed by atoms with E-state index in [0.717, 1.165) is 5.56 Å². The van der Waals surface area contributed by atoms with Gasteiger partial charge in [0.15, 0.2) is 10.8 Å². The number of nitro benzene ring substituents is 1. The van der Waals surface area contributed by atoms with E-state index in [4.69, 9.17) is 10.6 Å². The first-order valence-electron chi connectivity index (χ1n) is 5.27. The van der Waals surface area contributed by atoms with Crippen LogP contribution in [-0.4, -0.2) is 15.1 Å². The summed E-state index contributed by atoms with van der Waals surface area (Å²) >= 11 is 1.22. The van der Waals surface area contributed by atoms with Gasteiger partial charge in [-0.2, -0.15) is 0 Å². The van der Waals surface area contributed by atoms with Gasteiger partial charge in [0.05, 0.1) is 4.92 Å². The van der Waals surface area contributed by atoms with E-state index < -0.39 is 4.92 Å². The monoisotopic (exact) mass is 281 g/mol. The summed E-state index contributed by atoms with van der Waals surface area (Å²) in [4.78, 5) is 10.4. The first-order chi connectivity index (χ1) is 9.10. The van der Waals surface area contributed by atoms with Gasteiger partial charge in [-0.3, -0.25) is 15.5 Å². The molecule has 8 nitrogen and oxygen atoms in total. The molecule has 0 amide bonds. The Kier molecular flexibility index (Phi) is 3.88. The number of hydrogen-bond acceptors (Lipinski definition) is 8. The molecule has 2 rings (SSSR count). The second kappa shape index (κ2) is 5.59. The lowest BCUT2D eigenvalue weighted by atomic mass is 10.2. The smallest absolute Gasteiger partial charge is 0.311 e. The van der Waals surface area contributed by atoms with Gasteiger partial charge < -0.3 is 4.74 Å². The minimum atomic E-state index is -0.477. The van der Waals surface area contributed by atoms with Crippen LogP contribution in [0.4, 0.5) is 10.8 Å². The SMILES string of the molecule is Cc1ccc(OCc2nnc(NN)s2)c([N+](=O)[O-])c1. The number of nitrogen functional groups attached to an aromatic ring is 1. The molecule has 1 heterocycles. The molecule has 0 radical (unpaired) electrons. The summed E-state index contributed by atoms with van der Waals surface area (Å²) < 4.78 is 5.39. The Labute approximate surface area is 112 Å². The van der Waals surface area contributed by atoms with Gasteiger partial charge in [-0.15, -0.1) is 10.2 Å². The van der Waals surface area contributed by atoms with Crippen LogP contribution < -0.4 is 16.0 Å². The zero-order chi connectivity index (χ0) is 13.8. The van der Waals surface area contributed by atoms with Crippen molar-refractivity contribution >= 4 is 22.2 Å². The van der Waals surface area contributed by atoms with Crippen LogP contribution in [-0.2, 0) is 6.61 Å². The molecule has 2 aromatic rings. The largest absolute Gasteiger partial charge is 0.479 e. The highest BCUT2D eigenvalue weighted by molar-refractivity contribution is 7.15. The van der Waals surface area contributed by atoms with Crippen LogP contribution in [0.15, 0.2) is 18.2 Å². The highest BCUT2D eigenvalue weighted by atomic mass is 32.1. The Balaban J connectivity index is 2.12. The number of nitrogens with one attached hydrogen (secondary N) is 1. The number of hydrazine groups is 1. The predicted molar refractivity (Wildman–Crippen MR) is 69.9 cm³/mol. The van der Waals surface area contributed by atoms with Crippen LogP contribution in [0.2, 0.25) is 0 Å². The van der Waals surface area contributed by atoms with Gasteiger partial charge in [-0.05, 0) is 18.6 Å². The minimum absolute atomic E-state index is 0.0679. The third kappa shape index (κ3) is 3.14. The molecule has 100 valence electrons. The van der Waals surface area contributed by atoms with Crippen molar-refractivity contribution in [3.05, 3.63) is 38.9 Å². The Bertz CT molecular complexity index is 601. The number of aryl methyl sites for hydroxylation is 1. The number of nitrogens with zero attached hydrogens (tertiary/aromatic N) is 3. The molecule has 0 atom stereocenters. The number of anilines is 1. The van der Waals surface area contributed by atoms with Crippen LogP contribution in [0.1, 0.15) is 10.6 Å². The van der Waals surface area contributed by atoms with Gasteiger partial charge in [0.25, 0.3) is 0 Å². The Morgan fingerprint density at radius 1 is 1.53 bits per heavy atom. The lowest BCUT2D eigenvalue weighted by Gasteiger charge is -2.05. The van der Waals surface area contributed by atoms with E-state index in [0.29, 0.717) is 10.1 Å². The second-order valence-corrected chi connectivity index (χ2v) is 4.72. The molecule has 19 heavy (non-hydrogen) atoms. The highest BCUT2D eigenvalue weighted by Crippen LogP contribution is 2.28. The fourth-order valence-corrected chi connectivity index (χ4v) is 1.97. The van der Waals surface area contributed by atoms with E-state index in [-0.39, 0.29) is 18.0 Å². The quantitative estimate of drug-likeness (QED) is 0.486. The van der Waals surface area contributed by atoms with E-state index in [9.17, 15) is 10.1 Å². The minimum Gasteiger partial charge on any atom is -0.479 e. The van der Waals surface area contributed by atoms with Crippen molar-refractivity contribution in [2.24, 2.45) is 5.84 Å². The van der Waals surface area contributed by atoms with Crippen LogP contribution in [0.3, 0.4) is 0 Å². The Morgan fingerprint density at radius 2 is 2.32 bits per heavy atom. The molecule has 0 spiro atoms. The molecular formula is C10H11N5O3S. The second-order valence-electron chi connectivity index (χ2n) is 3.66. The van der Waals surface area contributed by atoms with Crippen LogP contribution in [0, 0.1) is 17.0 Å². The van der Waals surface area contributed by atoms with E-state index in [1.807, 2.05) is 0 Å². The van der Waals surface area contributed by atoms with Crippen molar-refractivity contribution in [2.45, 2.75) is 13.5 Å². The van der Waals surface area contributed by atoms with Crippen molar-refractivity contribution in [1.82, 2.24) is 10.2 Å². The van der Waals surface area contributed by atoms with Gasteiger partial charge in [-0.1, -0.05) is 17.4 Å². The molecule has 9 heteroatoms. The number of nitro groups is 1. The predicted octanol–water partition coefficient (Wildman–Crippen LogP) is 1.62. The molecule has 0 aliphatic carbocycles. The summed E-state index contributed by atoms with van der Waals surface area (Å²) in [6.45, 7) is 1.88. The normalized spacial score (nSPS) is 10.2. The third-order valence-corrected chi connectivity index (χ3v) is 3.08. The maximum atomic E-state index is 10.9. The van der Waals surface area contributed by atoms with E-state index in [1.165, 1.54) is 17.4 Å². The maximum Gasteiger partial charge on any atom is 0.311 e. The Morgan fingerprint density at radius 3 is 2.95 bits per heavy atom. The fraction of sp³-hybridized carbons (Fsp3) is 0.200. The van der Waals surface area contributed by atoms with Crippen molar-refractivity contribution in [3.8, 4) is 5.75 Å². The van der Waals surface area contributed by atoms with E-state index >= 15 is 0 Å². The molecule has 0 aliphatic rings. The summed E-state index contributed by atoms with van der Waals surface area (Å²) in [6.07, 6.45) is 0. The van der Waals surface area contributed by atoms with E-state index in [1.54, 1.807) is 19.1 Å². The molecular weight excluding hydrogens is 270 g/mol.